The molecule has 0 bridgehead atoms. The third-order valence-corrected chi connectivity index (χ3v) is 2.59. The van der Waals surface area contributed by atoms with Gasteiger partial charge in [-0.3, -0.25) is 4.79 Å². The Morgan fingerprint density at radius 3 is 2.47 bits per heavy atom. The molecular formula is C12H13N3O4. The van der Waals surface area contributed by atoms with Crippen LogP contribution in [0.15, 0.2) is 18.5 Å². The van der Waals surface area contributed by atoms with Crippen LogP contribution in [-0.2, 0) is 14.3 Å². The minimum atomic E-state index is -1.48. The zero-order valence-electron chi connectivity index (χ0n) is 10.2. The van der Waals surface area contributed by atoms with Crippen molar-refractivity contribution >= 4 is 23.8 Å². The highest BCUT2D eigenvalue weighted by atomic mass is 16.5. The van der Waals surface area contributed by atoms with E-state index in [-0.39, 0.29) is 0 Å². The Labute approximate surface area is 109 Å². The summed E-state index contributed by atoms with van der Waals surface area (Å²) in [6.07, 6.45) is 5.45. The van der Waals surface area contributed by atoms with E-state index in [0.29, 0.717) is 24.7 Å². The number of hydrogen-bond acceptors (Lipinski definition) is 6. The number of aromatic nitrogens is 2. The molecule has 0 aromatic carbocycles. The van der Waals surface area contributed by atoms with E-state index in [1.165, 1.54) is 6.08 Å². The van der Waals surface area contributed by atoms with Gasteiger partial charge >= 0.3 is 5.97 Å². The van der Waals surface area contributed by atoms with Gasteiger partial charge in [0.1, 0.15) is 0 Å². The summed E-state index contributed by atoms with van der Waals surface area (Å²) in [5.41, 5.74) is 0.576. The quantitative estimate of drug-likeness (QED) is 0.602. The number of nitrogens with zero attached hydrogens (tertiary/aromatic N) is 3. The molecule has 1 fully saturated rings. The maximum Gasteiger partial charge on any atom is 0.376 e. The van der Waals surface area contributed by atoms with Gasteiger partial charge in [-0.2, -0.15) is 0 Å². The second-order valence-electron chi connectivity index (χ2n) is 3.92. The third kappa shape index (κ3) is 3.59. The number of carbonyl (C=O) groups excluding carboxylic acids is 1. The molecule has 1 aliphatic rings. The lowest BCUT2D eigenvalue weighted by atomic mass is 10.2. The fourth-order valence-corrected chi connectivity index (χ4v) is 1.59. The number of carboxylic acid groups (broad SMARTS) is 1. The number of carbonyl (C=O) groups is 2. The topological polar surface area (TPSA) is 92.6 Å². The van der Waals surface area contributed by atoms with Crippen LogP contribution in [0.1, 0.15) is 5.56 Å². The summed E-state index contributed by atoms with van der Waals surface area (Å²) in [6, 6.07) is 0. The first-order valence-corrected chi connectivity index (χ1v) is 5.77. The van der Waals surface area contributed by atoms with E-state index in [0.717, 1.165) is 19.2 Å². The lowest BCUT2D eigenvalue weighted by Crippen LogP contribution is -2.37. The van der Waals surface area contributed by atoms with E-state index in [2.05, 4.69) is 9.97 Å². The van der Waals surface area contributed by atoms with Gasteiger partial charge in [0, 0.05) is 31.0 Å². The molecule has 7 nitrogen and oxygen atoms in total. The summed E-state index contributed by atoms with van der Waals surface area (Å²) in [5.74, 6) is -1.86. The Bertz CT molecular complexity index is 492. The molecule has 1 saturated heterocycles. The van der Waals surface area contributed by atoms with Gasteiger partial charge in [0.25, 0.3) is 5.78 Å². The number of aliphatic carboxylic acids is 1. The van der Waals surface area contributed by atoms with Crippen LogP contribution < -0.4 is 4.90 Å². The average Bonchev–Trinajstić information content (AvgIpc) is 2.46. The molecule has 0 amide bonds. The van der Waals surface area contributed by atoms with Crippen molar-refractivity contribution in [1.29, 1.82) is 0 Å². The van der Waals surface area contributed by atoms with Crippen molar-refractivity contribution in [2.24, 2.45) is 0 Å². The number of hydrogen-bond donors (Lipinski definition) is 1. The van der Waals surface area contributed by atoms with Gasteiger partial charge in [-0.1, -0.05) is 0 Å². The normalized spacial score (nSPS) is 15.7. The van der Waals surface area contributed by atoms with Gasteiger partial charge in [-0.05, 0) is 12.2 Å². The summed E-state index contributed by atoms with van der Waals surface area (Å²) in [4.78, 5) is 31.6. The van der Waals surface area contributed by atoms with Gasteiger partial charge in [-0.15, -0.1) is 0 Å². The molecule has 0 atom stereocenters. The summed E-state index contributed by atoms with van der Waals surface area (Å²) < 4.78 is 5.23. The first-order valence-electron chi connectivity index (χ1n) is 5.77. The van der Waals surface area contributed by atoms with Crippen molar-refractivity contribution in [3.05, 3.63) is 24.0 Å². The highest BCUT2D eigenvalue weighted by Crippen LogP contribution is 2.09. The van der Waals surface area contributed by atoms with E-state index >= 15 is 0 Å². The van der Waals surface area contributed by atoms with Gasteiger partial charge in [-0.25, -0.2) is 14.8 Å². The number of carboxylic acids is 1. The number of anilines is 1. The molecule has 2 rings (SSSR count). The second-order valence-corrected chi connectivity index (χ2v) is 3.92. The van der Waals surface area contributed by atoms with Crippen LogP contribution in [0.3, 0.4) is 0 Å². The van der Waals surface area contributed by atoms with Crippen LogP contribution in [0.2, 0.25) is 0 Å². The summed E-state index contributed by atoms with van der Waals surface area (Å²) in [6.45, 7) is 2.79. The van der Waals surface area contributed by atoms with Crippen molar-refractivity contribution in [3.8, 4) is 0 Å². The lowest BCUT2D eigenvalue weighted by molar-refractivity contribution is -0.146. The van der Waals surface area contributed by atoms with Gasteiger partial charge in [0.2, 0.25) is 5.95 Å². The Morgan fingerprint density at radius 2 is 1.89 bits per heavy atom. The highest BCUT2D eigenvalue weighted by Gasteiger charge is 2.13. The maximum atomic E-state index is 10.9. The van der Waals surface area contributed by atoms with Crippen LogP contribution in [0.4, 0.5) is 5.95 Å². The van der Waals surface area contributed by atoms with E-state index in [9.17, 15) is 9.59 Å². The first-order chi connectivity index (χ1) is 9.16. The standard InChI is InChI=1S/C12H13N3O4/c16-10(11(17)18)2-1-9-7-13-12(14-8-9)15-3-5-19-6-4-15/h1-2,7-8H,3-6H2,(H,17,18). The molecule has 0 saturated carbocycles. The zero-order chi connectivity index (χ0) is 13.7. The van der Waals surface area contributed by atoms with E-state index < -0.39 is 11.8 Å². The zero-order valence-corrected chi connectivity index (χ0v) is 10.2. The second kappa shape index (κ2) is 6.05. The van der Waals surface area contributed by atoms with Crippen LogP contribution in [-0.4, -0.2) is 53.1 Å². The predicted molar refractivity (Wildman–Crippen MR) is 66.7 cm³/mol. The third-order valence-electron chi connectivity index (χ3n) is 2.59. The van der Waals surface area contributed by atoms with E-state index in [1.807, 2.05) is 4.90 Å². The number of rotatable bonds is 4. The first kappa shape index (κ1) is 13.2. The number of morpholine rings is 1. The minimum absolute atomic E-state index is 0.576. The fourth-order valence-electron chi connectivity index (χ4n) is 1.59. The summed E-state index contributed by atoms with van der Waals surface area (Å²) >= 11 is 0. The molecule has 0 unspecified atom stereocenters. The van der Waals surface area contributed by atoms with Crippen molar-refractivity contribution < 1.29 is 19.4 Å². The monoisotopic (exact) mass is 263 g/mol. The van der Waals surface area contributed by atoms with E-state index in [4.69, 9.17) is 9.84 Å². The molecular weight excluding hydrogens is 250 g/mol. The van der Waals surface area contributed by atoms with Crippen molar-refractivity contribution in [1.82, 2.24) is 9.97 Å². The largest absolute Gasteiger partial charge is 0.475 e. The van der Waals surface area contributed by atoms with Crippen molar-refractivity contribution in [2.75, 3.05) is 31.2 Å². The number of ether oxygens (including phenoxy) is 1. The van der Waals surface area contributed by atoms with Crippen LogP contribution in [0, 0.1) is 0 Å². The molecule has 19 heavy (non-hydrogen) atoms. The van der Waals surface area contributed by atoms with Crippen LogP contribution >= 0.6 is 0 Å². The Balaban J connectivity index is 2.01. The SMILES string of the molecule is O=C(O)C(=O)C=Cc1cnc(N2CCOCC2)nc1. The molecule has 1 aliphatic heterocycles. The van der Waals surface area contributed by atoms with Crippen molar-refractivity contribution in [3.63, 3.8) is 0 Å². The molecule has 0 aliphatic carbocycles. The summed E-state index contributed by atoms with van der Waals surface area (Å²) in [5, 5.41) is 8.42. The molecule has 2 heterocycles. The minimum Gasteiger partial charge on any atom is -0.475 e. The van der Waals surface area contributed by atoms with Gasteiger partial charge < -0.3 is 14.7 Å². The number of ketones is 1. The molecule has 1 aromatic rings. The molecule has 0 radical (unpaired) electrons. The molecule has 7 heteroatoms. The highest BCUT2D eigenvalue weighted by molar-refractivity contribution is 6.38. The Morgan fingerprint density at radius 1 is 1.26 bits per heavy atom. The Kier molecular flexibility index (Phi) is 4.19. The molecule has 1 aromatic heterocycles. The van der Waals surface area contributed by atoms with Crippen LogP contribution in [0.25, 0.3) is 6.08 Å². The van der Waals surface area contributed by atoms with Gasteiger partial charge in [0.15, 0.2) is 0 Å². The molecule has 1 N–H and O–H groups in total. The maximum absolute atomic E-state index is 10.9. The lowest BCUT2D eigenvalue weighted by Gasteiger charge is -2.26. The van der Waals surface area contributed by atoms with E-state index in [1.54, 1.807) is 12.4 Å². The van der Waals surface area contributed by atoms with Crippen LogP contribution in [0.5, 0.6) is 0 Å². The predicted octanol–water partition coefficient (Wildman–Crippen LogP) is -0.0199. The smallest absolute Gasteiger partial charge is 0.376 e. The van der Waals surface area contributed by atoms with Crippen molar-refractivity contribution in [2.45, 2.75) is 0 Å². The average molecular weight is 263 g/mol. The molecule has 0 spiro atoms. The Hall–Kier alpha value is -2.28. The molecule has 100 valence electrons. The summed E-state index contributed by atoms with van der Waals surface area (Å²) in [7, 11) is 0. The fraction of sp³-hybridized carbons (Fsp3) is 0.333. The van der Waals surface area contributed by atoms with Gasteiger partial charge in [0.05, 0.1) is 13.2 Å².